The molecule has 2 rings (SSSR count). The highest BCUT2D eigenvalue weighted by atomic mass is 32.2. The minimum absolute atomic E-state index is 0.779. The third-order valence-electron chi connectivity index (χ3n) is 4.19. The van der Waals surface area contributed by atoms with Crippen molar-refractivity contribution in [3.8, 4) is 0 Å². The Balaban J connectivity index is 1.73. The van der Waals surface area contributed by atoms with E-state index in [0.717, 1.165) is 16.6 Å². The van der Waals surface area contributed by atoms with Crippen molar-refractivity contribution < 1.29 is 0 Å². The van der Waals surface area contributed by atoms with Crippen LogP contribution in [0.5, 0.6) is 0 Å². The molecule has 1 aliphatic heterocycles. The van der Waals surface area contributed by atoms with E-state index in [-0.39, 0.29) is 0 Å². The molecule has 1 spiro atoms. The Bertz CT molecular complexity index is 199. The summed E-state index contributed by atoms with van der Waals surface area (Å²) in [7, 11) is 0. The van der Waals surface area contributed by atoms with Gasteiger partial charge in [0.05, 0.1) is 0 Å². The number of piperidine rings is 1. The lowest BCUT2D eigenvalue weighted by atomic mass is 9.63. The third-order valence-corrected chi connectivity index (χ3v) is 5.19. The van der Waals surface area contributed by atoms with Crippen LogP contribution < -0.4 is 0 Å². The lowest BCUT2D eigenvalue weighted by Crippen LogP contribution is -2.48. The topological polar surface area (TPSA) is 3.24 Å². The van der Waals surface area contributed by atoms with Gasteiger partial charge in [-0.2, -0.15) is 11.8 Å². The lowest BCUT2D eigenvalue weighted by molar-refractivity contribution is 0.0346. The van der Waals surface area contributed by atoms with Crippen molar-refractivity contribution >= 4 is 11.8 Å². The number of rotatable bonds is 3. The predicted octanol–water partition coefficient (Wildman–Crippen LogP) is 3.25. The molecule has 2 fully saturated rings. The van der Waals surface area contributed by atoms with Crippen LogP contribution in [-0.2, 0) is 0 Å². The first-order valence-electron chi connectivity index (χ1n) is 6.39. The number of hydrogen-bond donors (Lipinski definition) is 0. The molecular weight excluding hydrogens is 202 g/mol. The normalized spacial score (nSPS) is 27.2. The molecule has 1 nitrogen and oxygen atoms in total. The van der Waals surface area contributed by atoms with E-state index in [0.29, 0.717) is 0 Å². The summed E-state index contributed by atoms with van der Waals surface area (Å²) in [6, 6.07) is 0. The van der Waals surface area contributed by atoms with Crippen LogP contribution in [0.2, 0.25) is 0 Å². The lowest BCUT2D eigenvalue weighted by Gasteiger charge is -2.52. The fourth-order valence-electron chi connectivity index (χ4n) is 3.21. The first kappa shape index (κ1) is 11.8. The maximum absolute atomic E-state index is 2.67. The van der Waals surface area contributed by atoms with Gasteiger partial charge < -0.3 is 4.90 Å². The van der Waals surface area contributed by atoms with E-state index in [1.807, 2.05) is 0 Å². The zero-order valence-electron chi connectivity index (χ0n) is 10.5. The van der Waals surface area contributed by atoms with Crippen LogP contribution in [0.15, 0.2) is 0 Å². The monoisotopic (exact) mass is 227 g/mol. The average Bonchev–Trinajstić information content (AvgIpc) is 2.15. The van der Waals surface area contributed by atoms with Gasteiger partial charge in [-0.1, -0.05) is 13.8 Å². The van der Waals surface area contributed by atoms with Gasteiger partial charge in [0.15, 0.2) is 0 Å². The van der Waals surface area contributed by atoms with E-state index in [4.69, 9.17) is 0 Å². The minimum atomic E-state index is 0.779. The molecule has 88 valence electrons. The van der Waals surface area contributed by atoms with Crippen molar-refractivity contribution in [2.24, 2.45) is 11.3 Å². The van der Waals surface area contributed by atoms with Gasteiger partial charge in [-0.05, 0) is 56.4 Å². The molecule has 0 aromatic heterocycles. The molecule has 1 saturated heterocycles. The second kappa shape index (κ2) is 4.67. The smallest absolute Gasteiger partial charge is 0.00548 e. The highest BCUT2D eigenvalue weighted by Crippen LogP contribution is 2.52. The Morgan fingerprint density at radius 2 is 1.87 bits per heavy atom. The first-order valence-corrected chi connectivity index (χ1v) is 7.67. The summed E-state index contributed by atoms with van der Waals surface area (Å²) in [5.74, 6) is 0.833. The number of thioether (sulfide) groups is 1. The molecular formula is C13H25NS. The van der Waals surface area contributed by atoms with E-state index >= 15 is 0 Å². The number of nitrogens with zero attached hydrogens (tertiary/aromatic N) is 1. The predicted molar refractivity (Wildman–Crippen MR) is 69.5 cm³/mol. The van der Waals surface area contributed by atoms with Gasteiger partial charge in [-0.15, -0.1) is 0 Å². The Morgan fingerprint density at radius 3 is 2.33 bits per heavy atom. The van der Waals surface area contributed by atoms with Crippen LogP contribution in [0.25, 0.3) is 0 Å². The summed E-state index contributed by atoms with van der Waals surface area (Å²) >= 11 is 2.08. The van der Waals surface area contributed by atoms with Gasteiger partial charge in [-0.25, -0.2) is 0 Å². The second-order valence-electron chi connectivity index (χ2n) is 5.96. The van der Waals surface area contributed by atoms with Crippen LogP contribution in [0.4, 0.5) is 0 Å². The van der Waals surface area contributed by atoms with Crippen molar-refractivity contribution in [1.82, 2.24) is 4.90 Å². The Morgan fingerprint density at radius 1 is 1.27 bits per heavy atom. The van der Waals surface area contributed by atoms with Crippen LogP contribution in [0.1, 0.15) is 39.5 Å². The van der Waals surface area contributed by atoms with E-state index in [9.17, 15) is 0 Å². The Labute approximate surface area is 99.0 Å². The molecule has 15 heavy (non-hydrogen) atoms. The molecule has 1 aliphatic carbocycles. The molecule has 0 N–H and O–H groups in total. The molecule has 2 aliphatic rings. The molecule has 0 atom stereocenters. The van der Waals surface area contributed by atoms with Gasteiger partial charge in [0.25, 0.3) is 0 Å². The summed E-state index contributed by atoms with van der Waals surface area (Å²) < 4.78 is 0. The quantitative estimate of drug-likeness (QED) is 0.728. The molecule has 0 aromatic rings. The average molecular weight is 227 g/mol. The molecule has 1 saturated carbocycles. The highest BCUT2D eigenvalue weighted by molar-refractivity contribution is 7.99. The minimum Gasteiger partial charge on any atom is -0.303 e. The van der Waals surface area contributed by atoms with E-state index in [1.165, 1.54) is 45.3 Å². The SMILES string of the molecule is CSC1CC2(CCN(CC(C)C)CC2)C1. The third kappa shape index (κ3) is 2.71. The standard InChI is InChI=1S/C13H25NS/c1-11(2)10-14-6-4-13(5-7-14)8-12(9-13)15-3/h11-12H,4-10H2,1-3H3. The maximum Gasteiger partial charge on any atom is 0.00548 e. The molecule has 0 radical (unpaired) electrons. The van der Waals surface area contributed by atoms with Gasteiger partial charge in [0, 0.05) is 11.8 Å². The van der Waals surface area contributed by atoms with Crippen molar-refractivity contribution in [1.29, 1.82) is 0 Å². The summed E-state index contributed by atoms with van der Waals surface area (Å²) in [5.41, 5.74) is 0.779. The zero-order valence-corrected chi connectivity index (χ0v) is 11.3. The summed E-state index contributed by atoms with van der Waals surface area (Å²) in [6.45, 7) is 8.69. The molecule has 0 amide bonds. The van der Waals surface area contributed by atoms with Crippen LogP contribution in [0, 0.1) is 11.3 Å². The van der Waals surface area contributed by atoms with Gasteiger partial charge in [-0.3, -0.25) is 0 Å². The molecule has 0 unspecified atom stereocenters. The number of hydrogen-bond acceptors (Lipinski definition) is 2. The van der Waals surface area contributed by atoms with Crippen LogP contribution in [0.3, 0.4) is 0 Å². The second-order valence-corrected chi connectivity index (χ2v) is 7.10. The molecule has 1 heterocycles. The fourth-order valence-corrected chi connectivity index (χ4v) is 4.25. The highest BCUT2D eigenvalue weighted by Gasteiger charge is 2.45. The summed E-state index contributed by atoms with van der Waals surface area (Å²) in [5, 5.41) is 0.988. The van der Waals surface area contributed by atoms with E-state index in [2.05, 4.69) is 36.8 Å². The van der Waals surface area contributed by atoms with Gasteiger partial charge in [0.1, 0.15) is 0 Å². The largest absolute Gasteiger partial charge is 0.303 e. The van der Waals surface area contributed by atoms with E-state index < -0.39 is 0 Å². The molecule has 2 heteroatoms. The van der Waals surface area contributed by atoms with Crippen molar-refractivity contribution in [3.05, 3.63) is 0 Å². The van der Waals surface area contributed by atoms with Crippen LogP contribution >= 0.6 is 11.8 Å². The summed E-state index contributed by atoms with van der Waals surface area (Å²) in [4.78, 5) is 2.67. The van der Waals surface area contributed by atoms with Crippen LogP contribution in [-0.4, -0.2) is 36.0 Å². The summed E-state index contributed by atoms with van der Waals surface area (Å²) in [6.07, 6.45) is 8.21. The maximum atomic E-state index is 2.67. The van der Waals surface area contributed by atoms with Crippen molar-refractivity contribution in [2.75, 3.05) is 25.9 Å². The van der Waals surface area contributed by atoms with Crippen molar-refractivity contribution in [2.45, 2.75) is 44.8 Å². The zero-order chi connectivity index (χ0) is 10.9. The Hall–Kier alpha value is 0.310. The fraction of sp³-hybridized carbons (Fsp3) is 1.00. The number of likely N-dealkylation sites (tertiary alicyclic amines) is 1. The van der Waals surface area contributed by atoms with Gasteiger partial charge in [0.2, 0.25) is 0 Å². The van der Waals surface area contributed by atoms with Crippen molar-refractivity contribution in [3.63, 3.8) is 0 Å². The van der Waals surface area contributed by atoms with E-state index in [1.54, 1.807) is 0 Å². The first-order chi connectivity index (χ1) is 7.13. The molecule has 0 aromatic carbocycles. The van der Waals surface area contributed by atoms with Gasteiger partial charge >= 0.3 is 0 Å². The Kier molecular flexibility index (Phi) is 3.67. The molecule has 0 bridgehead atoms.